The van der Waals surface area contributed by atoms with Gasteiger partial charge in [-0.05, 0) is 32.4 Å². The first kappa shape index (κ1) is 9.71. The van der Waals surface area contributed by atoms with Gasteiger partial charge in [-0.1, -0.05) is 6.92 Å². The van der Waals surface area contributed by atoms with Crippen LogP contribution < -0.4 is 5.32 Å². The fourth-order valence-electron chi connectivity index (χ4n) is 1.95. The van der Waals surface area contributed by atoms with Crippen LogP contribution in [0.1, 0.15) is 31.4 Å². The Morgan fingerprint density at radius 3 is 3.07 bits per heavy atom. The maximum atomic E-state index is 4.24. The molecule has 1 aromatic heterocycles. The Kier molecular flexibility index (Phi) is 2.87. The van der Waals surface area contributed by atoms with Gasteiger partial charge in [0.15, 0.2) is 0 Å². The van der Waals surface area contributed by atoms with Crippen LogP contribution in [-0.2, 0) is 6.54 Å². The normalized spacial score (nSPS) is 18.4. The molecule has 0 spiro atoms. The van der Waals surface area contributed by atoms with Crippen molar-refractivity contribution >= 4 is 0 Å². The van der Waals surface area contributed by atoms with Gasteiger partial charge in [0, 0.05) is 24.4 Å². The summed E-state index contributed by atoms with van der Waals surface area (Å²) >= 11 is 0. The molecule has 3 nitrogen and oxygen atoms in total. The van der Waals surface area contributed by atoms with Crippen molar-refractivity contribution in [2.24, 2.45) is 5.92 Å². The summed E-state index contributed by atoms with van der Waals surface area (Å²) in [6.45, 7) is 4.43. The highest BCUT2D eigenvalue weighted by molar-refractivity contribution is 5.12. The number of hydrogen-bond donors (Lipinski definition) is 1. The zero-order chi connectivity index (χ0) is 9.97. The van der Waals surface area contributed by atoms with Gasteiger partial charge < -0.3 is 9.88 Å². The van der Waals surface area contributed by atoms with E-state index in [-0.39, 0.29) is 0 Å². The van der Waals surface area contributed by atoms with Crippen molar-refractivity contribution in [3.63, 3.8) is 0 Å². The van der Waals surface area contributed by atoms with Gasteiger partial charge in [-0.3, -0.25) is 0 Å². The molecule has 14 heavy (non-hydrogen) atoms. The number of aromatic nitrogens is 2. The molecule has 0 saturated heterocycles. The van der Waals surface area contributed by atoms with Gasteiger partial charge in [-0.2, -0.15) is 0 Å². The van der Waals surface area contributed by atoms with Crippen molar-refractivity contribution in [3.05, 3.63) is 18.2 Å². The van der Waals surface area contributed by atoms with E-state index < -0.39 is 0 Å². The molecule has 1 fully saturated rings. The monoisotopic (exact) mass is 193 g/mol. The molecular formula is C11H19N3. The minimum Gasteiger partial charge on any atom is -0.334 e. The molecule has 1 aromatic rings. The molecule has 1 saturated carbocycles. The maximum absolute atomic E-state index is 4.24. The lowest BCUT2D eigenvalue weighted by atomic mass is 10.1. The molecule has 0 aromatic carbocycles. The van der Waals surface area contributed by atoms with Crippen LogP contribution in [0.25, 0.3) is 0 Å². The van der Waals surface area contributed by atoms with E-state index in [9.17, 15) is 0 Å². The van der Waals surface area contributed by atoms with E-state index in [0.717, 1.165) is 19.0 Å². The van der Waals surface area contributed by atoms with Gasteiger partial charge in [-0.25, -0.2) is 4.98 Å². The second-order valence-corrected chi connectivity index (χ2v) is 4.41. The van der Waals surface area contributed by atoms with Gasteiger partial charge in [-0.15, -0.1) is 0 Å². The second-order valence-electron chi connectivity index (χ2n) is 4.41. The van der Waals surface area contributed by atoms with Gasteiger partial charge in [0.2, 0.25) is 0 Å². The van der Waals surface area contributed by atoms with E-state index in [1.165, 1.54) is 18.5 Å². The molecule has 0 bridgehead atoms. The van der Waals surface area contributed by atoms with Crippen LogP contribution in [0.2, 0.25) is 0 Å². The van der Waals surface area contributed by atoms with Crippen LogP contribution in [0.5, 0.6) is 0 Å². The van der Waals surface area contributed by atoms with Crippen molar-refractivity contribution in [1.82, 2.24) is 14.9 Å². The van der Waals surface area contributed by atoms with E-state index >= 15 is 0 Å². The Morgan fingerprint density at radius 1 is 1.64 bits per heavy atom. The first-order valence-corrected chi connectivity index (χ1v) is 5.46. The van der Waals surface area contributed by atoms with Crippen LogP contribution in [0, 0.1) is 5.92 Å². The molecule has 1 aliphatic carbocycles. The van der Waals surface area contributed by atoms with E-state index in [0.29, 0.717) is 5.92 Å². The molecule has 3 heteroatoms. The highest BCUT2D eigenvalue weighted by atomic mass is 15.1. The van der Waals surface area contributed by atoms with Gasteiger partial charge >= 0.3 is 0 Å². The minimum absolute atomic E-state index is 0.673. The molecule has 0 amide bonds. The van der Waals surface area contributed by atoms with Gasteiger partial charge in [0.25, 0.3) is 0 Å². The number of imidazole rings is 1. The highest BCUT2D eigenvalue weighted by Crippen LogP contribution is 2.39. The molecular weight excluding hydrogens is 174 g/mol. The topological polar surface area (TPSA) is 29.9 Å². The summed E-state index contributed by atoms with van der Waals surface area (Å²) in [6, 6.07) is 0. The van der Waals surface area contributed by atoms with Crippen molar-refractivity contribution in [1.29, 1.82) is 0 Å². The summed E-state index contributed by atoms with van der Waals surface area (Å²) in [7, 11) is 2.01. The summed E-state index contributed by atoms with van der Waals surface area (Å²) < 4.78 is 2.32. The van der Waals surface area contributed by atoms with Gasteiger partial charge in [0.05, 0.1) is 6.33 Å². The van der Waals surface area contributed by atoms with Crippen LogP contribution in [0.15, 0.2) is 12.5 Å². The summed E-state index contributed by atoms with van der Waals surface area (Å²) in [5.74, 6) is 1.48. The molecule has 1 atom stereocenters. The van der Waals surface area contributed by atoms with Crippen LogP contribution in [0.3, 0.4) is 0 Å². The van der Waals surface area contributed by atoms with Crippen LogP contribution >= 0.6 is 0 Å². The number of nitrogens with zero attached hydrogens (tertiary/aromatic N) is 2. The SMILES string of the molecule is CNCC(C)Cn1cncc1C1CC1. The fraction of sp³-hybridized carbons (Fsp3) is 0.727. The van der Waals surface area contributed by atoms with E-state index in [1.807, 2.05) is 19.6 Å². The summed E-state index contributed by atoms with van der Waals surface area (Å²) in [5.41, 5.74) is 1.44. The Morgan fingerprint density at radius 2 is 2.43 bits per heavy atom. The van der Waals surface area contributed by atoms with Crippen LogP contribution in [0.4, 0.5) is 0 Å². The molecule has 78 valence electrons. The molecule has 1 N–H and O–H groups in total. The second kappa shape index (κ2) is 4.13. The Labute approximate surface area is 85.5 Å². The largest absolute Gasteiger partial charge is 0.334 e. The van der Waals surface area contributed by atoms with Crippen LogP contribution in [-0.4, -0.2) is 23.1 Å². The first-order chi connectivity index (χ1) is 6.81. The highest BCUT2D eigenvalue weighted by Gasteiger charge is 2.26. The molecule has 1 heterocycles. The van der Waals surface area contributed by atoms with Crippen molar-refractivity contribution in [2.75, 3.05) is 13.6 Å². The lowest BCUT2D eigenvalue weighted by molar-refractivity contribution is 0.454. The number of rotatable bonds is 5. The van der Waals surface area contributed by atoms with E-state index in [1.54, 1.807) is 0 Å². The maximum Gasteiger partial charge on any atom is 0.0948 e. The predicted octanol–water partition coefficient (Wildman–Crippen LogP) is 1.62. The lowest BCUT2D eigenvalue weighted by Gasteiger charge is -2.13. The number of hydrogen-bond acceptors (Lipinski definition) is 2. The van der Waals surface area contributed by atoms with E-state index in [2.05, 4.69) is 21.8 Å². The Bertz CT molecular complexity index is 288. The fourth-order valence-corrected chi connectivity index (χ4v) is 1.95. The third-order valence-corrected chi connectivity index (χ3v) is 2.80. The molecule has 1 unspecified atom stereocenters. The Balaban J connectivity index is 1.97. The Hall–Kier alpha value is -0.830. The van der Waals surface area contributed by atoms with Crippen molar-refractivity contribution < 1.29 is 0 Å². The zero-order valence-corrected chi connectivity index (χ0v) is 9.03. The summed E-state index contributed by atoms with van der Waals surface area (Å²) in [6.07, 6.45) is 6.71. The van der Waals surface area contributed by atoms with Crippen molar-refractivity contribution in [3.8, 4) is 0 Å². The summed E-state index contributed by atoms with van der Waals surface area (Å²) in [4.78, 5) is 4.24. The van der Waals surface area contributed by atoms with E-state index in [4.69, 9.17) is 0 Å². The summed E-state index contributed by atoms with van der Waals surface area (Å²) in [5, 5.41) is 3.21. The lowest BCUT2D eigenvalue weighted by Crippen LogP contribution is -2.21. The smallest absolute Gasteiger partial charge is 0.0948 e. The first-order valence-electron chi connectivity index (χ1n) is 5.46. The zero-order valence-electron chi connectivity index (χ0n) is 9.03. The standard InChI is InChI=1S/C11H19N3/c1-9(5-12-2)7-14-8-13-6-11(14)10-3-4-10/h6,8-10,12H,3-5,7H2,1-2H3. The predicted molar refractivity (Wildman–Crippen MR) is 57.3 cm³/mol. The third kappa shape index (κ3) is 2.15. The quantitative estimate of drug-likeness (QED) is 0.770. The molecule has 0 radical (unpaired) electrons. The molecule has 1 aliphatic rings. The minimum atomic E-state index is 0.673. The molecule has 2 rings (SSSR count). The molecule has 0 aliphatic heterocycles. The van der Waals surface area contributed by atoms with Crippen molar-refractivity contribution in [2.45, 2.75) is 32.2 Å². The average Bonchev–Trinajstić information content (AvgIpc) is 2.89. The number of nitrogens with one attached hydrogen (secondary N) is 1. The van der Waals surface area contributed by atoms with Gasteiger partial charge in [0.1, 0.15) is 0 Å². The third-order valence-electron chi connectivity index (χ3n) is 2.80. The average molecular weight is 193 g/mol.